The molecule has 1 fully saturated rings. The van der Waals surface area contributed by atoms with Crippen LogP contribution in [0.1, 0.15) is 5.56 Å². The molecule has 0 unspecified atom stereocenters. The maximum atomic E-state index is 12.6. The molecule has 30 heavy (non-hydrogen) atoms. The second kappa shape index (κ2) is 10.1. The molecule has 11 heteroatoms. The largest absolute Gasteiger partial charge is 0.492 e. The van der Waals surface area contributed by atoms with Crippen molar-refractivity contribution in [2.75, 3.05) is 39.5 Å². The first-order valence-electron chi connectivity index (χ1n) is 9.29. The van der Waals surface area contributed by atoms with Crippen LogP contribution in [0.15, 0.2) is 53.4 Å². The Hall–Kier alpha value is -1.69. The van der Waals surface area contributed by atoms with Crippen LogP contribution in [0.4, 0.5) is 0 Å². The maximum absolute atomic E-state index is 12.6. The summed E-state index contributed by atoms with van der Waals surface area (Å²) in [5.74, 6) is 0.270. The van der Waals surface area contributed by atoms with Gasteiger partial charge in [-0.3, -0.25) is 0 Å². The monoisotopic (exact) mass is 474 g/mol. The van der Waals surface area contributed by atoms with Gasteiger partial charge in [0.1, 0.15) is 12.4 Å². The summed E-state index contributed by atoms with van der Waals surface area (Å²) in [5.41, 5.74) is 0.591. The predicted octanol–water partition coefficient (Wildman–Crippen LogP) is 1.86. The van der Waals surface area contributed by atoms with Crippen LogP contribution in [0.3, 0.4) is 0 Å². The second-order valence-corrected chi connectivity index (χ2v) is 10.8. The Morgan fingerprint density at radius 1 is 1.03 bits per heavy atom. The van der Waals surface area contributed by atoms with Gasteiger partial charge in [-0.2, -0.15) is 4.31 Å². The Morgan fingerprint density at radius 3 is 2.40 bits per heavy atom. The standard InChI is InChI=1S/C19H23ClN2O6S2/c20-17-3-1-2-16(14-17)15-29(23,24)21-8-11-28-18-4-6-19(7-5-18)30(25,26)22-9-12-27-13-10-22/h1-7,14,21H,8-13,15H2. The Bertz CT molecular complexity index is 1050. The molecule has 1 aliphatic rings. The molecule has 2 aromatic rings. The minimum atomic E-state index is -3.56. The molecule has 0 bridgehead atoms. The van der Waals surface area contributed by atoms with Gasteiger partial charge in [-0.1, -0.05) is 23.7 Å². The van der Waals surface area contributed by atoms with Gasteiger partial charge in [0.25, 0.3) is 0 Å². The summed E-state index contributed by atoms with van der Waals surface area (Å²) in [7, 11) is -7.09. The van der Waals surface area contributed by atoms with Gasteiger partial charge < -0.3 is 9.47 Å². The van der Waals surface area contributed by atoms with E-state index in [0.29, 0.717) is 42.6 Å². The fraction of sp³-hybridized carbons (Fsp3) is 0.368. The number of ether oxygens (including phenoxy) is 2. The van der Waals surface area contributed by atoms with E-state index in [0.717, 1.165) is 0 Å². The van der Waals surface area contributed by atoms with Gasteiger partial charge >= 0.3 is 0 Å². The molecule has 164 valence electrons. The molecule has 2 aromatic carbocycles. The zero-order chi connectivity index (χ0) is 21.6. The Balaban J connectivity index is 1.48. The molecule has 0 radical (unpaired) electrons. The number of rotatable bonds is 9. The number of hydrogen-bond acceptors (Lipinski definition) is 6. The van der Waals surface area contributed by atoms with Crippen LogP contribution in [0, 0.1) is 0 Å². The molecule has 1 heterocycles. The number of morpholine rings is 1. The van der Waals surface area contributed by atoms with Crippen LogP contribution in [-0.2, 0) is 30.5 Å². The van der Waals surface area contributed by atoms with E-state index in [-0.39, 0.29) is 23.8 Å². The lowest BCUT2D eigenvalue weighted by Gasteiger charge is -2.26. The van der Waals surface area contributed by atoms with Crippen molar-refractivity contribution in [3.05, 3.63) is 59.1 Å². The van der Waals surface area contributed by atoms with Crippen LogP contribution >= 0.6 is 11.6 Å². The van der Waals surface area contributed by atoms with Crippen LogP contribution in [0.2, 0.25) is 5.02 Å². The van der Waals surface area contributed by atoms with E-state index >= 15 is 0 Å². The highest BCUT2D eigenvalue weighted by molar-refractivity contribution is 7.89. The first-order chi connectivity index (χ1) is 14.3. The molecule has 0 aliphatic carbocycles. The minimum Gasteiger partial charge on any atom is -0.492 e. The smallest absolute Gasteiger partial charge is 0.243 e. The molecule has 1 N–H and O–H groups in total. The van der Waals surface area contributed by atoms with Gasteiger partial charge in [0.2, 0.25) is 20.0 Å². The van der Waals surface area contributed by atoms with Gasteiger partial charge in [0, 0.05) is 24.7 Å². The van der Waals surface area contributed by atoms with E-state index < -0.39 is 20.0 Å². The molecule has 8 nitrogen and oxygen atoms in total. The van der Waals surface area contributed by atoms with Crippen molar-refractivity contribution in [1.29, 1.82) is 0 Å². The summed E-state index contributed by atoms with van der Waals surface area (Å²) < 4.78 is 64.0. The van der Waals surface area contributed by atoms with Gasteiger partial charge in [0.15, 0.2) is 0 Å². The van der Waals surface area contributed by atoms with Crippen molar-refractivity contribution in [3.8, 4) is 5.75 Å². The van der Waals surface area contributed by atoms with E-state index in [9.17, 15) is 16.8 Å². The maximum Gasteiger partial charge on any atom is 0.243 e. The highest BCUT2D eigenvalue weighted by atomic mass is 35.5. The highest BCUT2D eigenvalue weighted by Crippen LogP contribution is 2.20. The van der Waals surface area contributed by atoms with Crippen molar-refractivity contribution in [2.45, 2.75) is 10.6 Å². The Kier molecular flexibility index (Phi) is 7.72. The fourth-order valence-electron chi connectivity index (χ4n) is 2.91. The molecular weight excluding hydrogens is 452 g/mol. The number of sulfonamides is 2. The lowest BCUT2D eigenvalue weighted by molar-refractivity contribution is 0.0730. The molecule has 0 atom stereocenters. The fourth-order valence-corrected chi connectivity index (χ4v) is 5.64. The highest BCUT2D eigenvalue weighted by Gasteiger charge is 2.26. The van der Waals surface area contributed by atoms with Gasteiger partial charge in [0.05, 0.1) is 23.9 Å². The SMILES string of the molecule is O=S(=O)(Cc1cccc(Cl)c1)NCCOc1ccc(S(=O)(=O)N2CCOCC2)cc1. The molecule has 1 aliphatic heterocycles. The quantitative estimate of drug-likeness (QED) is 0.556. The van der Waals surface area contributed by atoms with Gasteiger partial charge in [-0.05, 0) is 42.0 Å². The first kappa shape index (κ1) is 23.0. The number of nitrogens with one attached hydrogen (secondary N) is 1. The van der Waals surface area contributed by atoms with E-state index in [1.54, 1.807) is 36.4 Å². The lowest BCUT2D eigenvalue weighted by atomic mass is 10.2. The Morgan fingerprint density at radius 2 is 1.73 bits per heavy atom. The molecule has 0 aromatic heterocycles. The third-order valence-electron chi connectivity index (χ3n) is 4.37. The summed E-state index contributed by atoms with van der Waals surface area (Å²) in [6.45, 7) is 1.61. The first-order valence-corrected chi connectivity index (χ1v) is 12.8. The Labute approximate surface area is 181 Å². The molecule has 0 saturated carbocycles. The van der Waals surface area contributed by atoms with Gasteiger partial charge in [-0.25, -0.2) is 21.6 Å². The van der Waals surface area contributed by atoms with Crippen LogP contribution in [-0.4, -0.2) is 60.6 Å². The zero-order valence-corrected chi connectivity index (χ0v) is 18.5. The second-order valence-electron chi connectivity index (χ2n) is 6.62. The molecule has 0 amide bonds. The topological polar surface area (TPSA) is 102 Å². The number of benzene rings is 2. The normalized spacial score (nSPS) is 15.8. The minimum absolute atomic E-state index is 0.0801. The van der Waals surface area contributed by atoms with E-state index in [1.807, 2.05) is 0 Å². The van der Waals surface area contributed by atoms with Crippen LogP contribution in [0.25, 0.3) is 0 Å². The van der Waals surface area contributed by atoms with Crippen LogP contribution in [0.5, 0.6) is 5.75 Å². The van der Waals surface area contributed by atoms with Crippen molar-refractivity contribution < 1.29 is 26.3 Å². The lowest BCUT2D eigenvalue weighted by Crippen LogP contribution is -2.40. The summed E-state index contributed by atoms with van der Waals surface area (Å²) in [5, 5.41) is 0.477. The summed E-state index contributed by atoms with van der Waals surface area (Å²) in [6, 6.07) is 12.7. The van der Waals surface area contributed by atoms with E-state index in [4.69, 9.17) is 21.1 Å². The van der Waals surface area contributed by atoms with Crippen molar-refractivity contribution in [1.82, 2.24) is 9.03 Å². The van der Waals surface area contributed by atoms with Crippen LogP contribution < -0.4 is 9.46 Å². The molecular formula is C19H23ClN2O6S2. The van der Waals surface area contributed by atoms with E-state index in [2.05, 4.69) is 4.72 Å². The molecule has 3 rings (SSSR count). The van der Waals surface area contributed by atoms with Gasteiger partial charge in [-0.15, -0.1) is 0 Å². The molecule has 1 saturated heterocycles. The summed E-state index contributed by atoms with van der Waals surface area (Å²) in [6.07, 6.45) is 0. The average Bonchev–Trinajstić information content (AvgIpc) is 2.72. The summed E-state index contributed by atoms with van der Waals surface area (Å²) >= 11 is 5.87. The predicted molar refractivity (Wildman–Crippen MR) is 114 cm³/mol. The number of nitrogens with zero attached hydrogens (tertiary/aromatic N) is 1. The van der Waals surface area contributed by atoms with E-state index in [1.165, 1.54) is 16.4 Å². The molecule has 0 spiro atoms. The third kappa shape index (κ3) is 6.40. The van der Waals surface area contributed by atoms with Crippen molar-refractivity contribution >= 4 is 31.6 Å². The zero-order valence-electron chi connectivity index (χ0n) is 16.2. The number of hydrogen-bond donors (Lipinski definition) is 1. The summed E-state index contributed by atoms with van der Waals surface area (Å²) in [4.78, 5) is 0.180. The average molecular weight is 475 g/mol. The van der Waals surface area contributed by atoms with Crippen molar-refractivity contribution in [3.63, 3.8) is 0 Å². The van der Waals surface area contributed by atoms with Crippen molar-refractivity contribution in [2.24, 2.45) is 0 Å². The third-order valence-corrected chi connectivity index (χ3v) is 7.88. The number of halogens is 1.